The predicted molar refractivity (Wildman–Crippen MR) is 55.4 cm³/mol. The number of nitrogens with zero attached hydrogens (tertiary/aromatic N) is 1. The monoisotopic (exact) mass is 231 g/mol. The molecule has 1 aromatic rings. The van der Waals surface area contributed by atoms with E-state index in [4.69, 9.17) is 0 Å². The van der Waals surface area contributed by atoms with E-state index >= 15 is 0 Å². The largest absolute Gasteiger partial charge is 0.416 e. The Morgan fingerprint density at radius 3 is 2.50 bits per heavy atom. The molecule has 0 unspecified atom stereocenters. The first-order valence-corrected chi connectivity index (χ1v) is 4.68. The van der Waals surface area contributed by atoms with E-state index in [0.29, 0.717) is 5.69 Å². The van der Waals surface area contributed by atoms with Crippen molar-refractivity contribution < 1.29 is 18.0 Å². The Balaban J connectivity index is 2.94. The summed E-state index contributed by atoms with van der Waals surface area (Å²) in [6, 6.07) is 4.90. The quantitative estimate of drug-likeness (QED) is 0.797. The average Bonchev–Trinajstić information content (AvgIpc) is 2.15. The van der Waals surface area contributed by atoms with Gasteiger partial charge in [-0.15, -0.1) is 0 Å². The second-order valence-electron chi connectivity index (χ2n) is 3.61. The van der Waals surface area contributed by atoms with Crippen molar-refractivity contribution in [1.29, 1.82) is 0 Å². The number of rotatable bonds is 3. The summed E-state index contributed by atoms with van der Waals surface area (Å²) in [5.74, 6) is -0.0973. The smallest absolute Gasteiger partial charge is 0.367 e. The Morgan fingerprint density at radius 1 is 1.38 bits per heavy atom. The number of anilines is 1. The zero-order chi connectivity index (χ0) is 12.3. The van der Waals surface area contributed by atoms with Crippen molar-refractivity contribution in [3.63, 3.8) is 0 Å². The Bertz CT molecular complexity index is 387. The lowest BCUT2D eigenvalue weighted by Gasteiger charge is -2.18. The lowest BCUT2D eigenvalue weighted by atomic mass is 10.2. The molecule has 1 aromatic carbocycles. The molecular weight excluding hydrogens is 219 g/mol. The van der Waals surface area contributed by atoms with Crippen molar-refractivity contribution >= 4 is 11.5 Å². The predicted octanol–water partition coefficient (Wildman–Crippen LogP) is 2.73. The van der Waals surface area contributed by atoms with Crippen LogP contribution >= 0.6 is 0 Å². The molecule has 0 aromatic heterocycles. The number of ketones is 1. The number of halogens is 3. The van der Waals surface area contributed by atoms with Crippen LogP contribution in [0.3, 0.4) is 0 Å². The number of hydrogen-bond donors (Lipinski definition) is 0. The number of likely N-dealkylation sites (N-methyl/N-ethyl adjacent to an activating group) is 1. The first-order valence-electron chi connectivity index (χ1n) is 4.68. The number of alkyl halides is 3. The molecular formula is C11H12F3NO. The van der Waals surface area contributed by atoms with Gasteiger partial charge >= 0.3 is 6.18 Å². The molecule has 0 radical (unpaired) electrons. The summed E-state index contributed by atoms with van der Waals surface area (Å²) in [5, 5.41) is 0. The Morgan fingerprint density at radius 2 is 2.00 bits per heavy atom. The average molecular weight is 231 g/mol. The fourth-order valence-electron chi connectivity index (χ4n) is 1.34. The highest BCUT2D eigenvalue weighted by atomic mass is 19.4. The van der Waals surface area contributed by atoms with E-state index in [1.54, 1.807) is 7.05 Å². The van der Waals surface area contributed by atoms with Crippen LogP contribution in [0.5, 0.6) is 0 Å². The first-order chi connectivity index (χ1) is 7.30. The summed E-state index contributed by atoms with van der Waals surface area (Å²) in [4.78, 5) is 12.3. The Labute approximate surface area is 91.7 Å². The molecule has 0 N–H and O–H groups in total. The third-order valence-electron chi connectivity index (χ3n) is 2.07. The van der Waals surface area contributed by atoms with Crippen molar-refractivity contribution in [3.05, 3.63) is 29.8 Å². The molecule has 0 aliphatic rings. The third-order valence-corrected chi connectivity index (χ3v) is 2.07. The molecule has 2 nitrogen and oxygen atoms in total. The van der Waals surface area contributed by atoms with E-state index in [-0.39, 0.29) is 12.3 Å². The minimum absolute atomic E-state index is 0.0973. The summed E-state index contributed by atoms with van der Waals surface area (Å²) < 4.78 is 37.2. The number of carbonyl (C=O) groups is 1. The number of benzene rings is 1. The van der Waals surface area contributed by atoms with Crippen LogP contribution in [0.25, 0.3) is 0 Å². The maximum absolute atomic E-state index is 12.4. The number of carbonyl (C=O) groups excluding carboxylic acids is 1. The van der Waals surface area contributed by atoms with Gasteiger partial charge in [-0.3, -0.25) is 4.79 Å². The molecule has 0 aliphatic heterocycles. The SMILES string of the molecule is CC(=O)CN(C)c1cccc(C(F)(F)F)c1. The molecule has 5 heteroatoms. The van der Waals surface area contributed by atoms with E-state index in [2.05, 4.69) is 0 Å². The van der Waals surface area contributed by atoms with Crippen LogP contribution in [0.4, 0.5) is 18.9 Å². The van der Waals surface area contributed by atoms with Gasteiger partial charge in [0.2, 0.25) is 0 Å². The van der Waals surface area contributed by atoms with E-state index in [0.717, 1.165) is 12.1 Å². The molecule has 0 spiro atoms. The summed E-state index contributed by atoms with van der Waals surface area (Å²) in [5.41, 5.74) is -0.328. The normalized spacial score (nSPS) is 11.3. The maximum Gasteiger partial charge on any atom is 0.416 e. The van der Waals surface area contributed by atoms with Crippen molar-refractivity contribution in [2.45, 2.75) is 13.1 Å². The Hall–Kier alpha value is -1.52. The molecule has 0 bridgehead atoms. The van der Waals surface area contributed by atoms with Crippen molar-refractivity contribution in [2.24, 2.45) is 0 Å². The lowest BCUT2D eigenvalue weighted by molar-refractivity contribution is -0.137. The summed E-state index contributed by atoms with van der Waals surface area (Å²) >= 11 is 0. The van der Waals surface area contributed by atoms with E-state index < -0.39 is 11.7 Å². The van der Waals surface area contributed by atoms with Crippen LogP contribution in [0, 0.1) is 0 Å². The van der Waals surface area contributed by atoms with Crippen LogP contribution in [-0.4, -0.2) is 19.4 Å². The van der Waals surface area contributed by atoms with Crippen LogP contribution in [0.2, 0.25) is 0 Å². The number of hydrogen-bond acceptors (Lipinski definition) is 2. The minimum Gasteiger partial charge on any atom is -0.367 e. The highest BCUT2D eigenvalue weighted by molar-refractivity contribution is 5.80. The van der Waals surface area contributed by atoms with Crippen LogP contribution in [0.15, 0.2) is 24.3 Å². The van der Waals surface area contributed by atoms with Gasteiger partial charge in [0.1, 0.15) is 5.78 Å². The molecule has 0 atom stereocenters. The maximum atomic E-state index is 12.4. The molecule has 88 valence electrons. The molecule has 0 saturated heterocycles. The third kappa shape index (κ3) is 3.25. The van der Waals surface area contributed by atoms with Gasteiger partial charge in [0, 0.05) is 12.7 Å². The summed E-state index contributed by atoms with van der Waals surface area (Å²) in [6.45, 7) is 1.49. The Kier molecular flexibility index (Phi) is 3.57. The van der Waals surface area contributed by atoms with Crippen LogP contribution in [0.1, 0.15) is 12.5 Å². The molecule has 0 saturated carbocycles. The summed E-state index contributed by atoms with van der Waals surface area (Å²) in [6.07, 6.45) is -4.35. The minimum atomic E-state index is -4.35. The van der Waals surface area contributed by atoms with Gasteiger partial charge in [-0.05, 0) is 25.1 Å². The van der Waals surface area contributed by atoms with Crippen molar-refractivity contribution in [2.75, 3.05) is 18.5 Å². The van der Waals surface area contributed by atoms with Crippen LogP contribution in [-0.2, 0) is 11.0 Å². The molecule has 16 heavy (non-hydrogen) atoms. The second-order valence-corrected chi connectivity index (χ2v) is 3.61. The van der Waals surface area contributed by atoms with Crippen molar-refractivity contribution in [1.82, 2.24) is 0 Å². The highest BCUT2D eigenvalue weighted by Crippen LogP contribution is 2.31. The van der Waals surface area contributed by atoms with Gasteiger partial charge in [-0.1, -0.05) is 6.07 Å². The standard InChI is InChI=1S/C11H12F3NO/c1-8(16)7-15(2)10-5-3-4-9(6-10)11(12,13)14/h3-6H,7H2,1-2H3. The van der Waals surface area contributed by atoms with Gasteiger partial charge < -0.3 is 4.90 Å². The number of Topliss-reactive ketones (excluding diaryl/α,β-unsaturated/α-hetero) is 1. The zero-order valence-corrected chi connectivity index (χ0v) is 9.01. The molecule has 0 amide bonds. The summed E-state index contributed by atoms with van der Waals surface area (Å²) in [7, 11) is 1.58. The molecule has 1 rings (SSSR count). The fourth-order valence-corrected chi connectivity index (χ4v) is 1.34. The van der Waals surface area contributed by atoms with E-state index in [9.17, 15) is 18.0 Å². The van der Waals surface area contributed by atoms with E-state index in [1.807, 2.05) is 0 Å². The topological polar surface area (TPSA) is 20.3 Å². The van der Waals surface area contributed by atoms with Crippen LogP contribution < -0.4 is 4.90 Å². The lowest BCUT2D eigenvalue weighted by Crippen LogP contribution is -2.24. The van der Waals surface area contributed by atoms with E-state index in [1.165, 1.54) is 24.0 Å². The molecule has 0 fully saturated rings. The zero-order valence-electron chi connectivity index (χ0n) is 9.01. The van der Waals surface area contributed by atoms with Gasteiger partial charge in [0.05, 0.1) is 12.1 Å². The first kappa shape index (κ1) is 12.5. The fraction of sp³-hybridized carbons (Fsp3) is 0.364. The molecule has 0 aliphatic carbocycles. The second kappa shape index (κ2) is 4.55. The highest BCUT2D eigenvalue weighted by Gasteiger charge is 2.30. The molecule has 0 heterocycles. The van der Waals surface area contributed by atoms with Crippen molar-refractivity contribution in [3.8, 4) is 0 Å². The van der Waals surface area contributed by atoms with Gasteiger partial charge in [0.25, 0.3) is 0 Å². The van der Waals surface area contributed by atoms with Gasteiger partial charge in [0.15, 0.2) is 0 Å². The van der Waals surface area contributed by atoms with Gasteiger partial charge in [-0.2, -0.15) is 13.2 Å². The van der Waals surface area contributed by atoms with Gasteiger partial charge in [-0.25, -0.2) is 0 Å².